The van der Waals surface area contributed by atoms with Gasteiger partial charge >= 0.3 is 17.1 Å². The molecule has 0 fully saturated rings. The number of nitrogens with one attached hydrogen (secondary N) is 3. The molecule has 0 unspecified atom stereocenters. The lowest BCUT2D eigenvalue weighted by molar-refractivity contribution is 0.394. The first kappa shape index (κ1) is 50.2. The molecule has 0 aliphatic carbocycles. The smallest absolute Gasteiger partial charge is 0.332 e. The van der Waals surface area contributed by atoms with E-state index in [-0.39, 0.29) is 16.2 Å². The van der Waals surface area contributed by atoms with E-state index in [1.165, 1.54) is 50.5 Å². The van der Waals surface area contributed by atoms with Crippen LogP contribution in [0.5, 0.6) is 17.2 Å². The molecule has 3 aromatic heterocycles. The Morgan fingerprint density at radius 1 is 0.508 bits per heavy atom. The fourth-order valence-electron chi connectivity index (χ4n) is 6.31. The molecule has 3 heterocycles. The monoisotopic (exact) mass is 1060 g/mol. The van der Waals surface area contributed by atoms with Crippen LogP contribution in [0.25, 0.3) is 17.1 Å². The zero-order chi connectivity index (χ0) is 47.4. The molecule has 18 heteroatoms. The summed E-state index contributed by atoms with van der Waals surface area (Å²) in [6.45, 7) is 18.5. The van der Waals surface area contributed by atoms with Crippen molar-refractivity contribution in [3.8, 4) is 34.3 Å². The van der Waals surface area contributed by atoms with E-state index in [1.54, 1.807) is 33.5 Å². The molecule has 0 bridgehead atoms. The molecule has 336 valence electrons. The van der Waals surface area contributed by atoms with Gasteiger partial charge in [0.1, 0.15) is 17.2 Å². The Bertz CT molecular complexity index is 2680. The number of hydrogen-bond donors (Lipinski definition) is 3. The van der Waals surface area contributed by atoms with Crippen molar-refractivity contribution in [1.29, 1.82) is 0 Å². The van der Waals surface area contributed by atoms with E-state index in [4.69, 9.17) is 25.8 Å². The molecule has 0 atom stereocenters. The number of benzene rings is 3. The average Bonchev–Trinajstić information content (AvgIpc) is 3.16. The molecule has 63 heavy (non-hydrogen) atoms. The summed E-state index contributed by atoms with van der Waals surface area (Å²) in [6, 6.07) is 14.9. The van der Waals surface area contributed by atoms with Crippen molar-refractivity contribution in [2.24, 2.45) is 0 Å². The maximum absolute atomic E-state index is 11.9. The van der Waals surface area contributed by atoms with Crippen LogP contribution in [0.4, 0.5) is 0 Å². The first-order valence-electron chi connectivity index (χ1n) is 19.3. The quantitative estimate of drug-likeness (QED) is 0.142. The Balaban J connectivity index is 0.000000207. The number of aromatic nitrogens is 6. The molecule has 0 amide bonds. The Labute approximate surface area is 390 Å². The third-order valence-electron chi connectivity index (χ3n) is 9.43. The van der Waals surface area contributed by atoms with Crippen LogP contribution in [-0.4, -0.2) is 50.0 Å². The van der Waals surface area contributed by atoms with Gasteiger partial charge in [-0.1, -0.05) is 73.9 Å². The van der Waals surface area contributed by atoms with Crippen LogP contribution in [0.15, 0.2) is 106 Å². The molecule has 3 aromatic carbocycles. The van der Waals surface area contributed by atoms with Crippen LogP contribution >= 0.6 is 50.1 Å². The highest BCUT2D eigenvalue weighted by Crippen LogP contribution is 2.40. The summed E-state index contributed by atoms with van der Waals surface area (Å²) in [5, 5.41) is 0.415. The third kappa shape index (κ3) is 12.2. The van der Waals surface area contributed by atoms with Gasteiger partial charge < -0.3 is 14.2 Å². The van der Waals surface area contributed by atoms with Crippen molar-refractivity contribution in [2.75, 3.05) is 21.3 Å². The van der Waals surface area contributed by atoms with Crippen molar-refractivity contribution in [3.63, 3.8) is 0 Å². The van der Waals surface area contributed by atoms with E-state index in [1.807, 2.05) is 45.0 Å². The van der Waals surface area contributed by atoms with Crippen molar-refractivity contribution < 1.29 is 14.2 Å². The van der Waals surface area contributed by atoms with Crippen LogP contribution in [0.2, 0.25) is 5.02 Å². The summed E-state index contributed by atoms with van der Waals surface area (Å²) in [4.78, 5) is 76.0. The van der Waals surface area contributed by atoms with Crippen molar-refractivity contribution in [3.05, 3.63) is 165 Å². The maximum atomic E-state index is 11.9. The Morgan fingerprint density at radius 3 is 1.16 bits per heavy atom. The van der Waals surface area contributed by atoms with Crippen LogP contribution in [0.3, 0.4) is 0 Å². The normalized spacial score (nSPS) is 11.5. The number of halogens is 3. The van der Waals surface area contributed by atoms with Gasteiger partial charge in [0, 0.05) is 53.5 Å². The first-order chi connectivity index (χ1) is 29.2. The minimum atomic E-state index is -0.511. The molecule has 6 aromatic rings. The second-order valence-corrected chi connectivity index (χ2v) is 19.6. The summed E-state index contributed by atoms with van der Waals surface area (Å²) < 4.78 is 22.1. The first-order valence-corrected chi connectivity index (χ1v) is 21.6. The second kappa shape index (κ2) is 20.0. The molecule has 3 N–H and O–H groups in total. The molecule has 0 aliphatic heterocycles. The molecule has 0 spiro atoms. The average molecular weight is 1060 g/mol. The fourth-order valence-corrected chi connectivity index (χ4v) is 8.04. The van der Waals surface area contributed by atoms with Crippen molar-refractivity contribution >= 4 is 50.1 Å². The zero-order valence-electron chi connectivity index (χ0n) is 37.1. The summed E-state index contributed by atoms with van der Waals surface area (Å²) in [7, 11) is 4.81. The zero-order valence-corrected chi connectivity index (χ0v) is 41.6. The molecule has 0 saturated heterocycles. The van der Waals surface area contributed by atoms with Crippen molar-refractivity contribution in [1.82, 2.24) is 28.7 Å². The van der Waals surface area contributed by atoms with Crippen LogP contribution in [0, 0.1) is 3.57 Å². The lowest BCUT2D eigenvalue weighted by Crippen LogP contribution is -2.28. The molecule has 0 aliphatic rings. The second-order valence-electron chi connectivity index (χ2n) is 17.2. The highest BCUT2D eigenvalue weighted by molar-refractivity contribution is 14.1. The van der Waals surface area contributed by atoms with Gasteiger partial charge in [0.2, 0.25) is 0 Å². The molecule has 15 nitrogen and oxygen atoms in total. The largest absolute Gasteiger partial charge is 0.495 e. The number of methoxy groups -OCH3 is 3. The topological polar surface area (TPSA) is 192 Å². The van der Waals surface area contributed by atoms with Gasteiger partial charge in [-0.15, -0.1) is 0 Å². The van der Waals surface area contributed by atoms with Crippen molar-refractivity contribution in [2.45, 2.75) is 78.6 Å². The van der Waals surface area contributed by atoms with E-state index in [9.17, 15) is 28.8 Å². The number of aromatic amines is 3. The molecule has 0 saturated carbocycles. The van der Waals surface area contributed by atoms with Gasteiger partial charge in [-0.25, -0.2) is 14.4 Å². The highest BCUT2D eigenvalue weighted by atomic mass is 127. The summed E-state index contributed by atoms with van der Waals surface area (Å²) in [6.07, 6.45) is 4.36. The number of hydrogen-bond acceptors (Lipinski definition) is 9. The van der Waals surface area contributed by atoms with Crippen LogP contribution in [0.1, 0.15) is 79.0 Å². The number of nitrogens with zero attached hydrogens (tertiary/aromatic N) is 3. The lowest BCUT2D eigenvalue weighted by atomic mass is 9.86. The predicted octanol–water partition coefficient (Wildman–Crippen LogP) is 7.52. The minimum absolute atomic E-state index is 0.132. The standard InChI is InChI=1S/C15H17BrN2O3.C15H17ClN2O3.C15H17IN2O3/c3*1-15(2,3)10-7-9(8-11(16)13(10)21-4)18-6-5-12(19)17-14(18)20/h3*5-8H,1-4H3,(H,17,19,20). The molecule has 0 radical (unpaired) electrons. The van der Waals surface area contributed by atoms with Gasteiger partial charge in [-0.3, -0.25) is 43.0 Å². The fraction of sp³-hybridized carbons (Fsp3) is 0.333. The van der Waals surface area contributed by atoms with Gasteiger partial charge in [0.15, 0.2) is 0 Å². The Morgan fingerprint density at radius 2 is 0.825 bits per heavy atom. The van der Waals surface area contributed by atoms with Gasteiger partial charge in [-0.05, 0) is 91.2 Å². The number of rotatable bonds is 6. The Hall–Kier alpha value is -5.40. The van der Waals surface area contributed by atoms with Crippen LogP contribution < -0.4 is 48.0 Å². The summed E-state index contributed by atoms with van der Waals surface area (Å²) >= 11 is 11.9. The van der Waals surface area contributed by atoms with E-state index in [0.29, 0.717) is 27.8 Å². The summed E-state index contributed by atoms with van der Waals surface area (Å²) in [5.41, 5.74) is 1.59. The van der Waals surface area contributed by atoms with Gasteiger partial charge in [0.25, 0.3) is 16.7 Å². The molecular formula is C45H51BrClIN6O9. The maximum Gasteiger partial charge on any atom is 0.332 e. The number of H-pyrrole nitrogens is 3. The third-order valence-corrected chi connectivity index (χ3v) is 11.1. The number of ether oxygens (including phenoxy) is 3. The molecule has 6 rings (SSSR count). The SMILES string of the molecule is COc1c(Br)cc(-n2ccc(=O)[nH]c2=O)cc1C(C)(C)C.COc1c(Cl)cc(-n2ccc(=O)[nH]c2=O)cc1C(C)(C)C.COc1c(I)cc(-n2ccc(=O)[nH]c2=O)cc1C(C)(C)C. The molecular weight excluding hydrogens is 1010 g/mol. The van der Waals surface area contributed by atoms with Gasteiger partial charge in [-0.2, -0.15) is 0 Å². The van der Waals surface area contributed by atoms with E-state index >= 15 is 0 Å². The van der Waals surface area contributed by atoms with Crippen LogP contribution in [-0.2, 0) is 16.2 Å². The predicted molar refractivity (Wildman–Crippen MR) is 259 cm³/mol. The highest BCUT2D eigenvalue weighted by Gasteiger charge is 2.25. The van der Waals surface area contributed by atoms with E-state index in [2.05, 4.69) is 95.0 Å². The van der Waals surface area contributed by atoms with Gasteiger partial charge in [0.05, 0.1) is 51.5 Å². The summed E-state index contributed by atoms with van der Waals surface area (Å²) in [5.74, 6) is 2.14. The van der Waals surface area contributed by atoms with E-state index < -0.39 is 33.7 Å². The van der Waals surface area contributed by atoms with E-state index in [0.717, 1.165) is 36.2 Å². The lowest BCUT2D eigenvalue weighted by Gasteiger charge is -2.24. The Kier molecular flexibility index (Phi) is 15.9. The minimum Gasteiger partial charge on any atom is -0.495 e.